The molecule has 3 nitrogen and oxygen atoms in total. The van der Waals surface area contributed by atoms with Crippen molar-refractivity contribution in [2.45, 2.75) is 20.0 Å². The minimum absolute atomic E-state index is 0.356. The van der Waals surface area contributed by atoms with E-state index in [0.29, 0.717) is 5.57 Å². The van der Waals surface area contributed by atoms with Crippen LogP contribution in [-0.4, -0.2) is 24.3 Å². The first kappa shape index (κ1) is 10.9. The highest BCUT2D eigenvalue weighted by Gasteiger charge is 1.99. The average molecular weight is 170 g/mol. The van der Waals surface area contributed by atoms with E-state index in [1.807, 2.05) is 0 Å². The summed E-state index contributed by atoms with van der Waals surface area (Å²) in [6.45, 7) is 3.29. The molecule has 0 spiro atoms. The van der Waals surface area contributed by atoms with Crippen LogP contribution in [0.15, 0.2) is 23.8 Å². The van der Waals surface area contributed by atoms with E-state index >= 15 is 0 Å². The van der Waals surface area contributed by atoms with Crippen LogP contribution < -0.4 is 0 Å². The van der Waals surface area contributed by atoms with E-state index in [-0.39, 0.29) is 5.97 Å². The fourth-order valence-electron chi connectivity index (χ4n) is 0.590. The zero-order valence-electron chi connectivity index (χ0n) is 7.57. The molecule has 0 amide bonds. The quantitative estimate of drug-likeness (QED) is 0.391. The Morgan fingerprint density at radius 1 is 1.58 bits per heavy atom. The second-order valence-electron chi connectivity index (χ2n) is 2.47. The first-order valence-corrected chi connectivity index (χ1v) is 3.69. The zero-order chi connectivity index (χ0) is 9.56. The topological polar surface area (TPSA) is 46.5 Å². The van der Waals surface area contributed by atoms with Crippen LogP contribution in [0.4, 0.5) is 0 Å². The molecule has 0 fully saturated rings. The average Bonchev–Trinajstić information content (AvgIpc) is 2.02. The zero-order valence-corrected chi connectivity index (χ0v) is 7.57. The minimum Gasteiger partial charge on any atom is -0.466 e. The number of allylic oxidation sites excluding steroid dienone is 2. The molecular weight excluding hydrogens is 156 g/mol. The summed E-state index contributed by atoms with van der Waals surface area (Å²) in [5, 5.41) is 8.83. The van der Waals surface area contributed by atoms with Gasteiger partial charge in [0.25, 0.3) is 0 Å². The van der Waals surface area contributed by atoms with Crippen LogP contribution in [0.25, 0.3) is 0 Å². The molecule has 1 unspecified atom stereocenters. The van der Waals surface area contributed by atoms with Crippen molar-refractivity contribution in [3.05, 3.63) is 23.8 Å². The molecule has 68 valence electrons. The maximum absolute atomic E-state index is 10.8. The van der Waals surface area contributed by atoms with Crippen molar-refractivity contribution in [1.29, 1.82) is 0 Å². The summed E-state index contributed by atoms with van der Waals surface area (Å²) in [4.78, 5) is 10.8. The number of esters is 1. The first-order valence-electron chi connectivity index (χ1n) is 3.69. The van der Waals surface area contributed by atoms with Gasteiger partial charge in [-0.3, -0.25) is 0 Å². The van der Waals surface area contributed by atoms with Gasteiger partial charge in [0.15, 0.2) is 0 Å². The van der Waals surface area contributed by atoms with Gasteiger partial charge in [-0.1, -0.05) is 18.2 Å². The van der Waals surface area contributed by atoms with Crippen LogP contribution in [0.1, 0.15) is 13.8 Å². The predicted octanol–water partition coefficient (Wildman–Crippen LogP) is 1.04. The van der Waals surface area contributed by atoms with Crippen LogP contribution in [0.5, 0.6) is 0 Å². The Hall–Kier alpha value is -1.09. The van der Waals surface area contributed by atoms with E-state index in [1.54, 1.807) is 32.1 Å². The van der Waals surface area contributed by atoms with Crippen molar-refractivity contribution in [3.8, 4) is 0 Å². The van der Waals surface area contributed by atoms with E-state index in [2.05, 4.69) is 4.74 Å². The number of ether oxygens (including phenoxy) is 1. The standard InChI is InChI=1S/C9H14O3/c1-7(9(11)12-3)5-4-6-8(2)10/h4-6,8,10H,1-3H3. The number of carbonyl (C=O) groups excluding carboxylic acids is 1. The Bertz CT molecular complexity index is 202. The Morgan fingerprint density at radius 2 is 2.17 bits per heavy atom. The van der Waals surface area contributed by atoms with E-state index in [1.165, 1.54) is 7.11 Å². The molecule has 0 radical (unpaired) electrons. The van der Waals surface area contributed by atoms with Gasteiger partial charge in [-0.2, -0.15) is 0 Å². The highest BCUT2D eigenvalue weighted by Crippen LogP contribution is 1.96. The summed E-state index contributed by atoms with van der Waals surface area (Å²) in [5.41, 5.74) is 0.509. The summed E-state index contributed by atoms with van der Waals surface area (Å²) in [7, 11) is 1.33. The summed E-state index contributed by atoms with van der Waals surface area (Å²) < 4.78 is 4.47. The van der Waals surface area contributed by atoms with Gasteiger partial charge in [0.05, 0.1) is 13.2 Å². The number of hydrogen-bond acceptors (Lipinski definition) is 3. The van der Waals surface area contributed by atoms with Gasteiger partial charge >= 0.3 is 5.97 Å². The molecule has 0 rings (SSSR count). The van der Waals surface area contributed by atoms with Crippen molar-refractivity contribution >= 4 is 5.97 Å². The second-order valence-corrected chi connectivity index (χ2v) is 2.47. The molecule has 0 bridgehead atoms. The van der Waals surface area contributed by atoms with Crippen molar-refractivity contribution in [2.75, 3.05) is 7.11 Å². The normalized spacial score (nSPS) is 14.8. The first-order chi connectivity index (χ1) is 5.57. The molecule has 0 saturated heterocycles. The molecule has 1 N–H and O–H groups in total. The van der Waals surface area contributed by atoms with Crippen LogP contribution in [0, 0.1) is 0 Å². The molecule has 3 heteroatoms. The number of aliphatic hydroxyl groups excluding tert-OH is 1. The molecule has 0 heterocycles. The van der Waals surface area contributed by atoms with Gasteiger partial charge < -0.3 is 9.84 Å². The van der Waals surface area contributed by atoms with Gasteiger partial charge in [0.2, 0.25) is 0 Å². The molecule has 0 aromatic carbocycles. The Labute approximate surface area is 72.3 Å². The van der Waals surface area contributed by atoms with E-state index in [9.17, 15) is 4.79 Å². The summed E-state index contributed by atoms with van der Waals surface area (Å²) in [6, 6.07) is 0. The number of hydrogen-bond donors (Lipinski definition) is 1. The Morgan fingerprint density at radius 3 is 2.58 bits per heavy atom. The third kappa shape index (κ3) is 4.68. The summed E-state index contributed by atoms with van der Waals surface area (Å²) in [6.07, 6.45) is 4.30. The molecule has 0 aromatic heterocycles. The fraction of sp³-hybridized carbons (Fsp3) is 0.444. The predicted molar refractivity (Wildman–Crippen MR) is 46.6 cm³/mol. The van der Waals surface area contributed by atoms with Gasteiger partial charge in [0, 0.05) is 5.57 Å². The molecule has 12 heavy (non-hydrogen) atoms. The van der Waals surface area contributed by atoms with Gasteiger partial charge in [0.1, 0.15) is 0 Å². The van der Waals surface area contributed by atoms with Crippen LogP contribution in [0.2, 0.25) is 0 Å². The Balaban J connectivity index is 4.09. The SMILES string of the molecule is COC(=O)C(C)=CC=CC(C)O. The van der Waals surface area contributed by atoms with Crippen molar-refractivity contribution in [2.24, 2.45) is 0 Å². The summed E-state index contributed by atoms with van der Waals surface area (Å²) >= 11 is 0. The lowest BCUT2D eigenvalue weighted by Gasteiger charge is -1.95. The lowest BCUT2D eigenvalue weighted by atomic mass is 10.2. The second kappa shape index (κ2) is 5.55. The third-order valence-electron chi connectivity index (χ3n) is 1.24. The highest BCUT2D eigenvalue weighted by molar-refractivity contribution is 5.87. The maximum Gasteiger partial charge on any atom is 0.333 e. The molecule has 0 aliphatic heterocycles. The van der Waals surface area contributed by atoms with Crippen molar-refractivity contribution < 1.29 is 14.6 Å². The third-order valence-corrected chi connectivity index (χ3v) is 1.24. The molecular formula is C9H14O3. The van der Waals surface area contributed by atoms with E-state index < -0.39 is 6.10 Å². The fourth-order valence-corrected chi connectivity index (χ4v) is 0.590. The summed E-state index contributed by atoms with van der Waals surface area (Å²) in [5.74, 6) is -0.356. The van der Waals surface area contributed by atoms with Crippen LogP contribution in [-0.2, 0) is 9.53 Å². The van der Waals surface area contributed by atoms with Gasteiger partial charge in [-0.25, -0.2) is 4.79 Å². The largest absolute Gasteiger partial charge is 0.466 e. The minimum atomic E-state index is -0.494. The van der Waals surface area contributed by atoms with Crippen molar-refractivity contribution in [3.63, 3.8) is 0 Å². The lowest BCUT2D eigenvalue weighted by Crippen LogP contribution is -2.00. The lowest BCUT2D eigenvalue weighted by molar-refractivity contribution is -0.136. The molecule has 1 atom stereocenters. The molecule has 0 aromatic rings. The van der Waals surface area contributed by atoms with E-state index in [4.69, 9.17) is 5.11 Å². The molecule has 0 aliphatic carbocycles. The number of rotatable bonds is 3. The van der Waals surface area contributed by atoms with E-state index in [0.717, 1.165) is 0 Å². The molecule has 0 saturated carbocycles. The number of carbonyl (C=O) groups is 1. The van der Waals surface area contributed by atoms with Gasteiger partial charge in [-0.15, -0.1) is 0 Å². The van der Waals surface area contributed by atoms with Gasteiger partial charge in [-0.05, 0) is 13.8 Å². The van der Waals surface area contributed by atoms with Crippen molar-refractivity contribution in [1.82, 2.24) is 0 Å². The highest BCUT2D eigenvalue weighted by atomic mass is 16.5. The maximum atomic E-state index is 10.8. The number of aliphatic hydroxyl groups is 1. The smallest absolute Gasteiger partial charge is 0.333 e. The number of methoxy groups -OCH3 is 1. The molecule has 0 aliphatic rings. The monoisotopic (exact) mass is 170 g/mol. The van der Waals surface area contributed by atoms with Crippen LogP contribution in [0.3, 0.4) is 0 Å². The van der Waals surface area contributed by atoms with Crippen LogP contribution >= 0.6 is 0 Å². The Kier molecular flexibility index (Phi) is 5.04.